The molecule has 0 aliphatic heterocycles. The Bertz CT molecular complexity index is 687. The number of hydrogen-bond donors (Lipinski definition) is 2. The summed E-state index contributed by atoms with van der Waals surface area (Å²) in [5.74, 6) is 0.169. The smallest absolute Gasteiger partial charge is 0.382 e. The zero-order valence-electron chi connectivity index (χ0n) is 10.7. The van der Waals surface area contributed by atoms with E-state index in [1.54, 1.807) is 0 Å². The van der Waals surface area contributed by atoms with Gasteiger partial charge >= 0.3 is 6.18 Å². The Labute approximate surface area is 128 Å². The van der Waals surface area contributed by atoms with Gasteiger partial charge in [0.1, 0.15) is 5.82 Å². The minimum Gasteiger partial charge on any atom is -0.382 e. The molecule has 0 aliphatic rings. The highest BCUT2D eigenvalue weighted by atomic mass is 35.5. The summed E-state index contributed by atoms with van der Waals surface area (Å²) in [6.07, 6.45) is -4.43. The van der Waals surface area contributed by atoms with Crippen molar-refractivity contribution in [2.24, 2.45) is 0 Å². The third-order valence-corrected chi connectivity index (χ3v) is 3.35. The van der Waals surface area contributed by atoms with E-state index in [2.05, 4.69) is 10.3 Å². The van der Waals surface area contributed by atoms with E-state index in [9.17, 15) is 13.2 Å². The van der Waals surface area contributed by atoms with Crippen LogP contribution in [-0.4, -0.2) is 4.98 Å². The highest BCUT2D eigenvalue weighted by molar-refractivity contribution is 6.37. The molecule has 1 heterocycles. The second-order valence-corrected chi connectivity index (χ2v) is 5.15. The lowest BCUT2D eigenvalue weighted by atomic mass is 10.1. The van der Waals surface area contributed by atoms with E-state index in [1.807, 2.05) is 0 Å². The molecule has 3 nitrogen and oxygen atoms in total. The molecular weight excluding hydrogens is 326 g/mol. The van der Waals surface area contributed by atoms with Crippen molar-refractivity contribution in [2.75, 3.05) is 11.1 Å². The van der Waals surface area contributed by atoms with Gasteiger partial charge in [0.05, 0.1) is 15.6 Å². The van der Waals surface area contributed by atoms with Crippen LogP contribution in [0.5, 0.6) is 0 Å². The third kappa shape index (κ3) is 3.51. The number of halogens is 5. The lowest BCUT2D eigenvalue weighted by Gasteiger charge is -2.14. The largest absolute Gasteiger partial charge is 0.416 e. The van der Waals surface area contributed by atoms with Crippen LogP contribution in [0.25, 0.3) is 0 Å². The summed E-state index contributed by atoms with van der Waals surface area (Å²) >= 11 is 11.7. The van der Waals surface area contributed by atoms with Crippen molar-refractivity contribution in [1.82, 2.24) is 4.98 Å². The van der Waals surface area contributed by atoms with E-state index >= 15 is 0 Å². The monoisotopic (exact) mass is 335 g/mol. The maximum absolute atomic E-state index is 12.9. The predicted octanol–water partition coefficient (Wildman–Crippen LogP) is 5.04. The van der Waals surface area contributed by atoms with Gasteiger partial charge in [0, 0.05) is 5.69 Å². The summed E-state index contributed by atoms with van der Waals surface area (Å²) in [5.41, 5.74) is 5.14. The van der Waals surface area contributed by atoms with Gasteiger partial charge in [0.15, 0.2) is 5.82 Å². The van der Waals surface area contributed by atoms with Crippen LogP contribution in [0.15, 0.2) is 24.3 Å². The Morgan fingerprint density at radius 1 is 1.14 bits per heavy atom. The average Bonchev–Trinajstić information content (AvgIpc) is 2.37. The van der Waals surface area contributed by atoms with Gasteiger partial charge in [-0.3, -0.25) is 0 Å². The van der Waals surface area contributed by atoms with Crippen LogP contribution in [0, 0.1) is 6.92 Å². The number of alkyl halides is 3. The molecule has 0 atom stereocenters. The van der Waals surface area contributed by atoms with Crippen molar-refractivity contribution in [3.8, 4) is 0 Å². The van der Waals surface area contributed by atoms with Crippen molar-refractivity contribution in [3.63, 3.8) is 0 Å². The molecule has 0 amide bonds. The van der Waals surface area contributed by atoms with Crippen molar-refractivity contribution < 1.29 is 13.2 Å². The fourth-order valence-electron chi connectivity index (χ4n) is 1.71. The van der Waals surface area contributed by atoms with Gasteiger partial charge in [-0.15, -0.1) is 0 Å². The summed E-state index contributed by atoms with van der Waals surface area (Å²) in [4.78, 5) is 3.90. The van der Waals surface area contributed by atoms with Crippen LogP contribution in [0.4, 0.5) is 30.5 Å². The fourth-order valence-corrected chi connectivity index (χ4v) is 2.12. The van der Waals surface area contributed by atoms with Crippen molar-refractivity contribution >= 4 is 40.5 Å². The standard InChI is InChI=1S/C13H10Cl2F3N3/c1-6-2-3-7(4-8(6)13(16,17)18)20-12-10(15)5-9(14)11(19)21-12/h2-5H,1H3,(H3,19,20,21). The van der Waals surface area contributed by atoms with Crippen LogP contribution in [0.3, 0.4) is 0 Å². The quantitative estimate of drug-likeness (QED) is 0.808. The normalized spacial score (nSPS) is 11.5. The Morgan fingerprint density at radius 3 is 2.43 bits per heavy atom. The maximum Gasteiger partial charge on any atom is 0.416 e. The first kappa shape index (κ1) is 15.7. The Morgan fingerprint density at radius 2 is 1.81 bits per heavy atom. The highest BCUT2D eigenvalue weighted by Gasteiger charge is 2.32. The first-order valence-corrected chi connectivity index (χ1v) is 6.50. The average molecular weight is 336 g/mol. The first-order chi connectivity index (χ1) is 9.68. The summed E-state index contributed by atoms with van der Waals surface area (Å²) in [5, 5.41) is 3.03. The van der Waals surface area contributed by atoms with Gasteiger partial charge in [0.2, 0.25) is 0 Å². The number of hydrogen-bond acceptors (Lipinski definition) is 3. The number of benzene rings is 1. The van der Waals surface area contributed by atoms with Gasteiger partial charge < -0.3 is 11.1 Å². The van der Waals surface area contributed by atoms with Gasteiger partial charge in [0.25, 0.3) is 0 Å². The minimum absolute atomic E-state index is 0.0340. The molecule has 0 radical (unpaired) electrons. The molecule has 0 saturated carbocycles. The lowest BCUT2D eigenvalue weighted by molar-refractivity contribution is -0.138. The van der Waals surface area contributed by atoms with Crippen LogP contribution < -0.4 is 11.1 Å². The summed E-state index contributed by atoms with van der Waals surface area (Å²) in [7, 11) is 0. The maximum atomic E-state index is 12.9. The number of nitrogens with two attached hydrogens (primary N) is 1. The number of nitrogen functional groups attached to an aromatic ring is 1. The van der Waals surface area contributed by atoms with Gasteiger partial charge in [-0.1, -0.05) is 29.3 Å². The van der Waals surface area contributed by atoms with Gasteiger partial charge in [-0.2, -0.15) is 13.2 Å². The lowest BCUT2D eigenvalue weighted by Crippen LogP contribution is -2.08. The van der Waals surface area contributed by atoms with E-state index in [-0.39, 0.29) is 32.9 Å². The molecule has 0 unspecified atom stereocenters. The van der Waals surface area contributed by atoms with Crippen molar-refractivity contribution in [1.29, 1.82) is 0 Å². The summed E-state index contributed by atoms with van der Waals surface area (Å²) in [6.45, 7) is 1.39. The first-order valence-electron chi connectivity index (χ1n) is 5.75. The number of aromatic nitrogens is 1. The summed E-state index contributed by atoms with van der Waals surface area (Å²) in [6, 6.07) is 5.20. The Kier molecular flexibility index (Phi) is 4.20. The molecule has 0 spiro atoms. The fraction of sp³-hybridized carbons (Fsp3) is 0.154. The number of aryl methyl sites for hydroxylation is 1. The van der Waals surface area contributed by atoms with Crippen molar-refractivity contribution in [3.05, 3.63) is 45.4 Å². The topological polar surface area (TPSA) is 50.9 Å². The molecule has 0 aliphatic carbocycles. The molecule has 1 aromatic carbocycles. The molecule has 0 bridgehead atoms. The highest BCUT2D eigenvalue weighted by Crippen LogP contribution is 2.35. The van der Waals surface area contributed by atoms with E-state index in [0.29, 0.717) is 0 Å². The van der Waals surface area contributed by atoms with Crippen molar-refractivity contribution in [2.45, 2.75) is 13.1 Å². The molecule has 1 aromatic heterocycles. The van der Waals surface area contributed by atoms with E-state index in [4.69, 9.17) is 28.9 Å². The molecule has 8 heteroatoms. The molecule has 0 fully saturated rings. The van der Waals surface area contributed by atoms with Crippen LogP contribution in [0.2, 0.25) is 10.0 Å². The SMILES string of the molecule is Cc1ccc(Nc2nc(N)c(Cl)cc2Cl)cc1C(F)(F)F. The predicted molar refractivity (Wildman–Crippen MR) is 78.1 cm³/mol. The number of nitrogens with one attached hydrogen (secondary N) is 1. The molecule has 3 N–H and O–H groups in total. The molecule has 2 rings (SSSR count). The zero-order chi connectivity index (χ0) is 15.8. The molecule has 2 aromatic rings. The number of rotatable bonds is 2. The van der Waals surface area contributed by atoms with Crippen LogP contribution in [0.1, 0.15) is 11.1 Å². The molecule has 0 saturated heterocycles. The number of pyridine rings is 1. The van der Waals surface area contributed by atoms with Gasteiger partial charge in [-0.05, 0) is 30.7 Å². The molecule has 112 valence electrons. The Hall–Kier alpha value is -1.66. The molecular formula is C13H10Cl2F3N3. The van der Waals surface area contributed by atoms with Gasteiger partial charge in [-0.25, -0.2) is 4.98 Å². The number of nitrogens with zero attached hydrogens (tertiary/aromatic N) is 1. The second kappa shape index (κ2) is 5.61. The van der Waals surface area contributed by atoms with Crippen LogP contribution in [-0.2, 0) is 6.18 Å². The minimum atomic E-state index is -4.43. The van der Waals surface area contributed by atoms with Crippen LogP contribution >= 0.6 is 23.2 Å². The second-order valence-electron chi connectivity index (χ2n) is 4.34. The number of anilines is 3. The zero-order valence-corrected chi connectivity index (χ0v) is 12.2. The van der Waals surface area contributed by atoms with E-state index < -0.39 is 11.7 Å². The summed E-state index contributed by atoms with van der Waals surface area (Å²) < 4.78 is 38.6. The third-order valence-electron chi connectivity index (χ3n) is 2.76. The molecule has 21 heavy (non-hydrogen) atoms. The van der Waals surface area contributed by atoms with E-state index in [0.717, 1.165) is 6.07 Å². The van der Waals surface area contributed by atoms with E-state index in [1.165, 1.54) is 25.1 Å². The Balaban J connectivity index is 2.39.